The van der Waals surface area contributed by atoms with Crippen molar-refractivity contribution in [2.24, 2.45) is 23.5 Å². The molecule has 0 unspecified atom stereocenters. The predicted molar refractivity (Wildman–Crippen MR) is 73.7 cm³/mol. The molecule has 0 bridgehead atoms. The molecule has 0 spiro atoms. The summed E-state index contributed by atoms with van der Waals surface area (Å²) in [5.41, 5.74) is 5.19. The second-order valence-electron chi connectivity index (χ2n) is 5.97. The lowest BCUT2D eigenvalue weighted by molar-refractivity contribution is -0.146. The van der Waals surface area contributed by atoms with Gasteiger partial charge in [0.15, 0.2) is 0 Å². The molecule has 0 aromatic carbocycles. The number of carbonyl (C=O) groups excluding carboxylic acids is 2. The first-order valence-corrected chi connectivity index (χ1v) is 7.11. The van der Waals surface area contributed by atoms with Crippen LogP contribution < -0.4 is 5.73 Å². The Bertz CT molecular complexity index is 373. The third-order valence-electron chi connectivity index (χ3n) is 3.67. The molecule has 2 amide bonds. The van der Waals surface area contributed by atoms with Crippen molar-refractivity contribution in [3.63, 3.8) is 0 Å². The maximum atomic E-state index is 12.4. The SMILES string of the molecule is CC(C)CN(CC(N)=O)C(=O)C1CCC(C(=O)O)CC1. The second kappa shape index (κ2) is 7.26. The van der Waals surface area contributed by atoms with Crippen LogP contribution in [0, 0.1) is 17.8 Å². The summed E-state index contributed by atoms with van der Waals surface area (Å²) in [7, 11) is 0. The van der Waals surface area contributed by atoms with Crippen LogP contribution in [0.3, 0.4) is 0 Å². The first-order valence-electron chi connectivity index (χ1n) is 7.11. The van der Waals surface area contributed by atoms with Gasteiger partial charge in [0.05, 0.1) is 12.5 Å². The smallest absolute Gasteiger partial charge is 0.306 e. The molecule has 0 aromatic rings. The number of carboxylic acids is 1. The fourth-order valence-electron chi connectivity index (χ4n) is 2.71. The summed E-state index contributed by atoms with van der Waals surface area (Å²) in [6.07, 6.45) is 2.20. The molecule has 114 valence electrons. The van der Waals surface area contributed by atoms with Gasteiger partial charge in [0.1, 0.15) is 0 Å². The number of carboxylic acid groups (broad SMARTS) is 1. The second-order valence-corrected chi connectivity index (χ2v) is 5.97. The maximum Gasteiger partial charge on any atom is 0.306 e. The Hall–Kier alpha value is -1.59. The van der Waals surface area contributed by atoms with Gasteiger partial charge in [-0.25, -0.2) is 0 Å². The third-order valence-corrected chi connectivity index (χ3v) is 3.67. The average molecular weight is 284 g/mol. The van der Waals surface area contributed by atoms with Crippen LogP contribution in [0.1, 0.15) is 39.5 Å². The lowest BCUT2D eigenvalue weighted by Crippen LogP contribution is -2.44. The fourth-order valence-corrected chi connectivity index (χ4v) is 2.71. The predicted octanol–water partition coefficient (Wildman–Crippen LogP) is 0.847. The summed E-state index contributed by atoms with van der Waals surface area (Å²) < 4.78 is 0. The monoisotopic (exact) mass is 284 g/mol. The number of amides is 2. The van der Waals surface area contributed by atoms with Crippen LogP contribution in [-0.2, 0) is 14.4 Å². The van der Waals surface area contributed by atoms with E-state index >= 15 is 0 Å². The summed E-state index contributed by atoms with van der Waals surface area (Å²) in [6.45, 7) is 4.39. The van der Waals surface area contributed by atoms with Crippen LogP contribution in [0.4, 0.5) is 0 Å². The van der Waals surface area contributed by atoms with Gasteiger partial charge in [0, 0.05) is 12.5 Å². The molecule has 1 rings (SSSR count). The van der Waals surface area contributed by atoms with Crippen LogP contribution >= 0.6 is 0 Å². The van der Waals surface area contributed by atoms with E-state index in [-0.39, 0.29) is 30.2 Å². The molecular formula is C14H24N2O4. The zero-order chi connectivity index (χ0) is 15.3. The molecule has 0 atom stereocenters. The number of primary amides is 1. The van der Waals surface area contributed by atoms with Crippen LogP contribution in [0.2, 0.25) is 0 Å². The van der Waals surface area contributed by atoms with Crippen molar-refractivity contribution in [3.8, 4) is 0 Å². The quantitative estimate of drug-likeness (QED) is 0.755. The Morgan fingerprint density at radius 1 is 1.15 bits per heavy atom. The molecule has 1 fully saturated rings. The molecule has 1 aliphatic carbocycles. The Labute approximate surface area is 119 Å². The molecule has 20 heavy (non-hydrogen) atoms. The molecule has 6 nitrogen and oxygen atoms in total. The van der Waals surface area contributed by atoms with E-state index in [1.165, 1.54) is 4.90 Å². The molecule has 1 saturated carbocycles. The van der Waals surface area contributed by atoms with E-state index in [9.17, 15) is 14.4 Å². The summed E-state index contributed by atoms with van der Waals surface area (Å²) >= 11 is 0. The van der Waals surface area contributed by atoms with E-state index in [1.807, 2.05) is 13.8 Å². The van der Waals surface area contributed by atoms with Gasteiger partial charge in [-0.2, -0.15) is 0 Å². The van der Waals surface area contributed by atoms with Gasteiger partial charge >= 0.3 is 5.97 Å². The summed E-state index contributed by atoms with van der Waals surface area (Å²) in [5.74, 6) is -1.63. The van der Waals surface area contributed by atoms with Gasteiger partial charge in [0.25, 0.3) is 0 Å². The van der Waals surface area contributed by atoms with Gasteiger partial charge in [0.2, 0.25) is 11.8 Å². The van der Waals surface area contributed by atoms with Crippen molar-refractivity contribution in [1.82, 2.24) is 4.90 Å². The molecule has 0 aromatic heterocycles. The molecule has 3 N–H and O–H groups in total. The zero-order valence-electron chi connectivity index (χ0n) is 12.2. The van der Waals surface area contributed by atoms with E-state index in [0.29, 0.717) is 32.2 Å². The number of hydrogen-bond donors (Lipinski definition) is 2. The summed E-state index contributed by atoms with van der Waals surface area (Å²) in [5, 5.41) is 8.95. The van der Waals surface area contributed by atoms with Crippen molar-refractivity contribution in [3.05, 3.63) is 0 Å². The van der Waals surface area contributed by atoms with Crippen molar-refractivity contribution < 1.29 is 19.5 Å². The first kappa shape index (κ1) is 16.5. The highest BCUT2D eigenvalue weighted by molar-refractivity contribution is 5.85. The standard InChI is InChI=1S/C14H24N2O4/c1-9(2)7-16(8-12(15)17)13(18)10-3-5-11(6-4-10)14(19)20/h9-11H,3-8H2,1-2H3,(H2,15,17)(H,19,20). The lowest BCUT2D eigenvalue weighted by atomic mass is 9.81. The number of hydrogen-bond acceptors (Lipinski definition) is 3. The Morgan fingerprint density at radius 3 is 2.05 bits per heavy atom. The Balaban J connectivity index is 2.61. The number of nitrogens with zero attached hydrogens (tertiary/aromatic N) is 1. The van der Waals surface area contributed by atoms with Crippen LogP contribution in [0.15, 0.2) is 0 Å². The molecule has 1 aliphatic rings. The average Bonchev–Trinajstić information content (AvgIpc) is 2.36. The molecule has 0 saturated heterocycles. The minimum absolute atomic E-state index is 0.0597. The normalized spacial score (nSPS) is 22.6. The van der Waals surface area contributed by atoms with E-state index in [2.05, 4.69) is 0 Å². The number of rotatable bonds is 6. The highest BCUT2D eigenvalue weighted by Gasteiger charge is 2.32. The van der Waals surface area contributed by atoms with Crippen LogP contribution in [0.5, 0.6) is 0 Å². The van der Waals surface area contributed by atoms with Crippen LogP contribution in [-0.4, -0.2) is 40.9 Å². The molecule has 0 radical (unpaired) electrons. The Morgan fingerprint density at radius 2 is 1.65 bits per heavy atom. The largest absolute Gasteiger partial charge is 0.481 e. The minimum atomic E-state index is -0.785. The molecule has 0 heterocycles. The number of aliphatic carboxylic acids is 1. The fraction of sp³-hybridized carbons (Fsp3) is 0.786. The van der Waals surface area contributed by atoms with Gasteiger partial charge in [-0.1, -0.05) is 13.8 Å². The van der Waals surface area contributed by atoms with Crippen molar-refractivity contribution in [2.75, 3.05) is 13.1 Å². The van der Waals surface area contributed by atoms with Crippen molar-refractivity contribution >= 4 is 17.8 Å². The zero-order valence-corrected chi connectivity index (χ0v) is 12.2. The summed E-state index contributed by atoms with van der Waals surface area (Å²) in [4.78, 5) is 35.9. The highest BCUT2D eigenvalue weighted by atomic mass is 16.4. The van der Waals surface area contributed by atoms with Crippen molar-refractivity contribution in [1.29, 1.82) is 0 Å². The van der Waals surface area contributed by atoms with Crippen LogP contribution in [0.25, 0.3) is 0 Å². The van der Waals surface area contributed by atoms with Gasteiger partial charge < -0.3 is 15.7 Å². The van der Waals surface area contributed by atoms with Crippen molar-refractivity contribution in [2.45, 2.75) is 39.5 Å². The first-order chi connectivity index (χ1) is 9.31. The number of nitrogens with two attached hydrogens (primary N) is 1. The highest BCUT2D eigenvalue weighted by Crippen LogP contribution is 2.30. The molecule has 6 heteroatoms. The minimum Gasteiger partial charge on any atom is -0.481 e. The van der Waals surface area contributed by atoms with Gasteiger partial charge in [-0.3, -0.25) is 14.4 Å². The van der Waals surface area contributed by atoms with Gasteiger partial charge in [-0.05, 0) is 31.6 Å². The summed E-state index contributed by atoms with van der Waals surface area (Å²) in [6, 6.07) is 0. The maximum absolute atomic E-state index is 12.4. The molecule has 0 aliphatic heterocycles. The number of carbonyl (C=O) groups is 3. The van der Waals surface area contributed by atoms with E-state index in [4.69, 9.17) is 10.8 Å². The van der Waals surface area contributed by atoms with E-state index < -0.39 is 11.9 Å². The topological polar surface area (TPSA) is 101 Å². The van der Waals surface area contributed by atoms with E-state index in [0.717, 1.165) is 0 Å². The van der Waals surface area contributed by atoms with E-state index in [1.54, 1.807) is 0 Å². The third kappa shape index (κ3) is 4.83. The Kier molecular flexibility index (Phi) is 5.98. The van der Waals surface area contributed by atoms with Gasteiger partial charge in [-0.15, -0.1) is 0 Å². The lowest BCUT2D eigenvalue weighted by Gasteiger charge is -2.31. The molecular weight excluding hydrogens is 260 g/mol.